The van der Waals surface area contributed by atoms with Gasteiger partial charge < -0.3 is 14.6 Å². The molecule has 0 radical (unpaired) electrons. The van der Waals surface area contributed by atoms with Gasteiger partial charge in [0.05, 0.1) is 35.5 Å². The van der Waals surface area contributed by atoms with Crippen molar-refractivity contribution in [3.05, 3.63) is 58.6 Å². The fourth-order valence-corrected chi connectivity index (χ4v) is 3.87. The van der Waals surface area contributed by atoms with Crippen molar-refractivity contribution in [1.29, 1.82) is 0 Å². The Morgan fingerprint density at radius 1 is 1.28 bits per heavy atom. The van der Waals surface area contributed by atoms with E-state index >= 15 is 0 Å². The molecule has 1 aromatic heterocycles. The number of amides is 1. The Hall–Kier alpha value is -2.67. The molecular weight excluding hydrogens is 463 g/mol. The maximum atomic E-state index is 12.7. The van der Waals surface area contributed by atoms with E-state index in [9.17, 15) is 18.0 Å². The van der Waals surface area contributed by atoms with Crippen LogP contribution in [-0.2, 0) is 22.3 Å². The predicted molar refractivity (Wildman–Crippen MR) is 119 cm³/mol. The number of fused-ring (bicyclic) bond motifs is 1. The van der Waals surface area contributed by atoms with Gasteiger partial charge in [0.15, 0.2) is 5.16 Å². The molecule has 1 amide bonds. The van der Waals surface area contributed by atoms with Gasteiger partial charge in [0, 0.05) is 24.2 Å². The highest BCUT2D eigenvalue weighted by Crippen LogP contribution is 2.29. The number of thioether (sulfide) groups is 1. The van der Waals surface area contributed by atoms with E-state index in [2.05, 4.69) is 22.1 Å². The number of carbonyl (C=O) groups excluding carboxylic acids is 1. The number of benzene rings is 2. The molecule has 0 saturated carbocycles. The Labute approximate surface area is 192 Å². The van der Waals surface area contributed by atoms with Gasteiger partial charge in [-0.1, -0.05) is 41.3 Å². The molecule has 3 rings (SSSR count). The van der Waals surface area contributed by atoms with Crippen molar-refractivity contribution in [3.63, 3.8) is 0 Å². The van der Waals surface area contributed by atoms with Gasteiger partial charge in [-0.2, -0.15) is 13.2 Å². The Bertz CT molecular complexity index is 1170. The Morgan fingerprint density at radius 2 is 2.09 bits per heavy atom. The number of carbonyl (C=O) groups is 1. The van der Waals surface area contributed by atoms with Crippen molar-refractivity contribution in [1.82, 2.24) is 14.9 Å². The van der Waals surface area contributed by atoms with Crippen molar-refractivity contribution < 1.29 is 22.7 Å². The molecule has 10 heteroatoms. The Kier molecular flexibility index (Phi) is 8.07. The monoisotopic (exact) mass is 481 g/mol. The fraction of sp³-hybridized carbons (Fsp3) is 0.273. The van der Waals surface area contributed by atoms with Gasteiger partial charge in [0.2, 0.25) is 5.91 Å². The van der Waals surface area contributed by atoms with Crippen LogP contribution in [0.1, 0.15) is 11.1 Å². The molecule has 0 atom stereocenters. The number of aromatic nitrogens is 2. The van der Waals surface area contributed by atoms with E-state index in [1.54, 1.807) is 19.2 Å². The first-order valence-electron chi connectivity index (χ1n) is 9.48. The van der Waals surface area contributed by atoms with Crippen molar-refractivity contribution in [3.8, 4) is 11.8 Å². The maximum absolute atomic E-state index is 12.7. The second-order valence-electron chi connectivity index (χ2n) is 6.62. The number of alkyl halides is 3. The third kappa shape index (κ3) is 6.42. The van der Waals surface area contributed by atoms with Gasteiger partial charge in [-0.15, -0.1) is 0 Å². The number of rotatable bonds is 7. The minimum absolute atomic E-state index is 0.0192. The third-order valence-electron chi connectivity index (χ3n) is 4.32. The van der Waals surface area contributed by atoms with Crippen molar-refractivity contribution in [2.24, 2.45) is 0 Å². The summed E-state index contributed by atoms with van der Waals surface area (Å²) in [6, 6.07) is 10.1. The Balaban J connectivity index is 1.58. The van der Waals surface area contributed by atoms with E-state index in [-0.39, 0.29) is 23.8 Å². The van der Waals surface area contributed by atoms with Crippen molar-refractivity contribution in [2.45, 2.75) is 17.9 Å². The summed E-state index contributed by atoms with van der Waals surface area (Å²) in [5, 5.41) is 3.86. The van der Waals surface area contributed by atoms with Crippen LogP contribution >= 0.6 is 23.4 Å². The number of imidazole rings is 1. The number of hydrogen-bond donors (Lipinski definition) is 1. The van der Waals surface area contributed by atoms with Crippen LogP contribution in [0, 0.1) is 11.8 Å². The minimum atomic E-state index is -4.42. The summed E-state index contributed by atoms with van der Waals surface area (Å²) in [7, 11) is 1.61. The molecule has 168 valence electrons. The number of hydrogen-bond acceptors (Lipinski definition) is 4. The molecule has 2 aromatic carbocycles. The van der Waals surface area contributed by atoms with Crippen LogP contribution in [0.2, 0.25) is 5.02 Å². The highest BCUT2D eigenvalue weighted by atomic mass is 35.5. The average Bonchev–Trinajstić information content (AvgIpc) is 3.09. The summed E-state index contributed by atoms with van der Waals surface area (Å²) < 4.78 is 45.3. The van der Waals surface area contributed by atoms with Crippen LogP contribution in [0.4, 0.5) is 13.2 Å². The summed E-state index contributed by atoms with van der Waals surface area (Å²) in [4.78, 5) is 16.7. The minimum Gasteiger partial charge on any atom is -0.383 e. The lowest BCUT2D eigenvalue weighted by Gasteiger charge is -2.08. The van der Waals surface area contributed by atoms with Crippen LogP contribution < -0.4 is 5.32 Å². The van der Waals surface area contributed by atoms with E-state index in [1.165, 1.54) is 23.9 Å². The molecule has 0 aliphatic heterocycles. The summed E-state index contributed by atoms with van der Waals surface area (Å²) >= 11 is 7.31. The summed E-state index contributed by atoms with van der Waals surface area (Å²) in [6.45, 7) is 1.07. The molecule has 32 heavy (non-hydrogen) atoms. The van der Waals surface area contributed by atoms with Gasteiger partial charge in [-0.05, 0) is 36.4 Å². The maximum Gasteiger partial charge on any atom is 0.416 e. The van der Waals surface area contributed by atoms with Crippen LogP contribution in [-0.4, -0.2) is 41.5 Å². The SMILES string of the molecule is COCCn1c(SCC(=O)NCC#Cc2cccc(C(F)(F)F)c2)nc2cc(Cl)ccc21. The Morgan fingerprint density at radius 3 is 2.84 bits per heavy atom. The molecule has 0 unspecified atom stereocenters. The van der Waals surface area contributed by atoms with Crippen LogP contribution in [0.5, 0.6) is 0 Å². The second kappa shape index (κ2) is 10.8. The van der Waals surface area contributed by atoms with E-state index < -0.39 is 11.7 Å². The first-order chi connectivity index (χ1) is 15.3. The van der Waals surface area contributed by atoms with Gasteiger partial charge >= 0.3 is 6.18 Å². The van der Waals surface area contributed by atoms with E-state index in [0.29, 0.717) is 23.3 Å². The molecule has 0 saturated heterocycles. The first kappa shape index (κ1) is 24.0. The summed E-state index contributed by atoms with van der Waals surface area (Å²) in [5.41, 5.74) is 1.08. The normalized spacial score (nSPS) is 11.3. The predicted octanol–water partition coefficient (Wildman–Crippen LogP) is 4.61. The molecule has 1 N–H and O–H groups in total. The smallest absolute Gasteiger partial charge is 0.383 e. The van der Waals surface area contributed by atoms with Crippen LogP contribution in [0.25, 0.3) is 11.0 Å². The molecule has 5 nitrogen and oxygen atoms in total. The zero-order chi connectivity index (χ0) is 23.1. The number of halogens is 4. The van der Waals surface area contributed by atoms with Crippen LogP contribution in [0.3, 0.4) is 0 Å². The zero-order valence-electron chi connectivity index (χ0n) is 17.0. The van der Waals surface area contributed by atoms with E-state index in [1.807, 2.05) is 10.6 Å². The lowest BCUT2D eigenvalue weighted by Crippen LogP contribution is -2.25. The van der Waals surface area contributed by atoms with Gasteiger partial charge in [-0.3, -0.25) is 4.79 Å². The topological polar surface area (TPSA) is 56.1 Å². The van der Waals surface area contributed by atoms with Gasteiger partial charge in [0.25, 0.3) is 0 Å². The number of nitrogens with one attached hydrogen (secondary N) is 1. The lowest BCUT2D eigenvalue weighted by atomic mass is 10.1. The van der Waals surface area contributed by atoms with Crippen LogP contribution in [0.15, 0.2) is 47.6 Å². The molecular formula is C22H19ClF3N3O2S. The third-order valence-corrected chi connectivity index (χ3v) is 5.53. The molecule has 0 aliphatic rings. The largest absolute Gasteiger partial charge is 0.416 e. The molecule has 1 heterocycles. The summed E-state index contributed by atoms with van der Waals surface area (Å²) in [5.74, 6) is 5.13. The molecule has 0 spiro atoms. The average molecular weight is 482 g/mol. The molecule has 0 bridgehead atoms. The second-order valence-corrected chi connectivity index (χ2v) is 8.00. The number of methoxy groups -OCH3 is 1. The quantitative estimate of drug-likeness (QED) is 0.395. The number of nitrogens with zero attached hydrogens (tertiary/aromatic N) is 2. The number of ether oxygens (including phenoxy) is 1. The van der Waals surface area contributed by atoms with Crippen molar-refractivity contribution >= 4 is 40.3 Å². The fourth-order valence-electron chi connectivity index (χ4n) is 2.83. The van der Waals surface area contributed by atoms with Gasteiger partial charge in [-0.25, -0.2) is 4.98 Å². The standard InChI is InChI=1S/C22H19ClF3N3O2S/c1-31-11-10-29-19-8-7-17(23)13-18(19)28-21(29)32-14-20(30)27-9-3-5-15-4-2-6-16(12-15)22(24,25)26/h2,4,6-8,12-13H,9-11,14H2,1H3,(H,27,30). The molecule has 0 fully saturated rings. The molecule has 3 aromatic rings. The van der Waals surface area contributed by atoms with Gasteiger partial charge in [0.1, 0.15) is 0 Å². The lowest BCUT2D eigenvalue weighted by molar-refractivity contribution is -0.137. The zero-order valence-corrected chi connectivity index (χ0v) is 18.6. The van der Waals surface area contributed by atoms with Crippen molar-refractivity contribution in [2.75, 3.05) is 26.0 Å². The molecule has 0 aliphatic carbocycles. The van der Waals surface area contributed by atoms with E-state index in [0.717, 1.165) is 23.2 Å². The van der Waals surface area contributed by atoms with E-state index in [4.69, 9.17) is 16.3 Å². The first-order valence-corrected chi connectivity index (χ1v) is 10.8. The highest BCUT2D eigenvalue weighted by Gasteiger charge is 2.30. The highest BCUT2D eigenvalue weighted by molar-refractivity contribution is 7.99. The summed E-state index contributed by atoms with van der Waals surface area (Å²) in [6.07, 6.45) is -4.42.